The lowest BCUT2D eigenvalue weighted by molar-refractivity contribution is -0.0276. The minimum Gasteiger partial charge on any atom is -0.451 e. The van der Waals surface area contributed by atoms with E-state index in [1.54, 1.807) is 18.2 Å². The van der Waals surface area contributed by atoms with Crippen LogP contribution < -0.4 is 5.32 Å². The van der Waals surface area contributed by atoms with E-state index >= 15 is 0 Å². The highest BCUT2D eigenvalue weighted by Gasteiger charge is 2.34. The molecule has 0 spiro atoms. The lowest BCUT2D eigenvalue weighted by Crippen LogP contribution is -2.42. The van der Waals surface area contributed by atoms with E-state index in [-0.39, 0.29) is 23.6 Å². The Hall–Kier alpha value is -2.74. The Kier molecular flexibility index (Phi) is 6.19. The summed E-state index contributed by atoms with van der Waals surface area (Å²) in [4.78, 5) is 14.8. The highest BCUT2D eigenvalue weighted by atomic mass is 19.1. The number of amides is 1. The summed E-state index contributed by atoms with van der Waals surface area (Å²) >= 11 is 0. The number of nitrogens with zero attached hydrogens (tertiary/aromatic N) is 1. The molecule has 5 rings (SSSR count). The molecule has 3 heterocycles. The molecular formula is C26H29FN2O4. The predicted molar refractivity (Wildman–Crippen MR) is 122 cm³/mol. The van der Waals surface area contributed by atoms with Gasteiger partial charge in [0, 0.05) is 38.2 Å². The van der Waals surface area contributed by atoms with Gasteiger partial charge in [-0.2, -0.15) is 0 Å². The number of halogens is 1. The fourth-order valence-electron chi connectivity index (χ4n) is 4.76. The molecule has 2 fully saturated rings. The van der Waals surface area contributed by atoms with E-state index in [0.29, 0.717) is 25.0 Å². The van der Waals surface area contributed by atoms with E-state index in [9.17, 15) is 14.3 Å². The maximum absolute atomic E-state index is 13.1. The molecule has 2 aliphatic heterocycles. The number of likely N-dealkylation sites (tertiary alicyclic amines) is 1. The number of aliphatic hydroxyl groups is 1. The van der Waals surface area contributed by atoms with Gasteiger partial charge >= 0.3 is 0 Å². The average Bonchev–Trinajstić information content (AvgIpc) is 3.50. The number of hydrogen-bond donors (Lipinski definition) is 2. The Morgan fingerprint density at radius 2 is 1.94 bits per heavy atom. The monoisotopic (exact) mass is 452 g/mol. The van der Waals surface area contributed by atoms with Crippen LogP contribution in [0.3, 0.4) is 0 Å². The first-order chi connectivity index (χ1) is 16.0. The Labute approximate surface area is 192 Å². The first-order valence-corrected chi connectivity index (χ1v) is 11.6. The van der Waals surface area contributed by atoms with Gasteiger partial charge in [0.15, 0.2) is 5.76 Å². The molecule has 3 aromatic rings. The number of rotatable bonds is 6. The summed E-state index contributed by atoms with van der Waals surface area (Å²) in [5.41, 5.74) is 1.60. The quantitative estimate of drug-likeness (QED) is 0.592. The van der Waals surface area contributed by atoms with Crippen LogP contribution in [0.25, 0.3) is 11.0 Å². The van der Waals surface area contributed by atoms with E-state index in [1.807, 2.05) is 18.2 Å². The zero-order chi connectivity index (χ0) is 22.8. The molecule has 1 amide bonds. The van der Waals surface area contributed by atoms with Crippen molar-refractivity contribution >= 4 is 16.9 Å². The maximum Gasteiger partial charge on any atom is 0.287 e. The van der Waals surface area contributed by atoms with Crippen molar-refractivity contribution in [3.63, 3.8) is 0 Å². The molecule has 0 radical (unpaired) electrons. The molecule has 6 nitrogen and oxygen atoms in total. The largest absolute Gasteiger partial charge is 0.451 e. The minimum atomic E-state index is -0.924. The van der Waals surface area contributed by atoms with Crippen LogP contribution in [0.4, 0.5) is 4.39 Å². The number of benzene rings is 2. The van der Waals surface area contributed by atoms with Crippen LogP contribution in [0.15, 0.2) is 52.9 Å². The highest BCUT2D eigenvalue weighted by molar-refractivity contribution is 5.96. The van der Waals surface area contributed by atoms with Gasteiger partial charge in [-0.05, 0) is 67.1 Å². The molecule has 2 aliphatic rings. The van der Waals surface area contributed by atoms with Crippen LogP contribution in [0.2, 0.25) is 0 Å². The summed E-state index contributed by atoms with van der Waals surface area (Å²) in [6.07, 6.45) is 3.27. The van der Waals surface area contributed by atoms with E-state index in [2.05, 4.69) is 10.2 Å². The van der Waals surface area contributed by atoms with Gasteiger partial charge in [0.25, 0.3) is 5.91 Å². The molecule has 7 heteroatoms. The fourth-order valence-corrected chi connectivity index (χ4v) is 4.76. The normalized spacial score (nSPS) is 20.8. The molecule has 2 N–H and O–H groups in total. The molecule has 0 bridgehead atoms. The Morgan fingerprint density at radius 1 is 1.15 bits per heavy atom. The summed E-state index contributed by atoms with van der Waals surface area (Å²) in [5.74, 6) is -0.220. The van der Waals surface area contributed by atoms with Gasteiger partial charge in [-0.3, -0.25) is 9.69 Å². The van der Waals surface area contributed by atoms with Crippen LogP contribution in [0.1, 0.15) is 47.4 Å². The highest BCUT2D eigenvalue weighted by Crippen LogP contribution is 2.35. The van der Waals surface area contributed by atoms with E-state index in [0.717, 1.165) is 55.6 Å². The minimum absolute atomic E-state index is 0.0769. The third-order valence-electron chi connectivity index (χ3n) is 6.79. The first kappa shape index (κ1) is 22.1. The molecule has 2 aromatic carbocycles. The van der Waals surface area contributed by atoms with Crippen LogP contribution >= 0.6 is 0 Å². The third kappa shape index (κ3) is 4.95. The van der Waals surface area contributed by atoms with Gasteiger partial charge in [-0.1, -0.05) is 18.2 Å². The van der Waals surface area contributed by atoms with Crippen molar-refractivity contribution in [2.75, 3.05) is 26.2 Å². The van der Waals surface area contributed by atoms with Gasteiger partial charge in [-0.15, -0.1) is 0 Å². The van der Waals surface area contributed by atoms with Crippen molar-refractivity contribution in [1.82, 2.24) is 10.2 Å². The SMILES string of the molecule is O=C(NC[C@H]1CCCO1)c1cc2cc(C3(O)CCN(Cc4ccc(F)cc4)CC3)ccc2o1. The predicted octanol–water partition coefficient (Wildman–Crippen LogP) is 3.96. The van der Waals surface area contributed by atoms with Crippen molar-refractivity contribution in [2.24, 2.45) is 0 Å². The van der Waals surface area contributed by atoms with Crippen molar-refractivity contribution in [2.45, 2.75) is 43.9 Å². The lowest BCUT2D eigenvalue weighted by atomic mass is 9.84. The molecule has 1 atom stereocenters. The van der Waals surface area contributed by atoms with Gasteiger partial charge in [0.05, 0.1) is 11.7 Å². The fraction of sp³-hybridized carbons (Fsp3) is 0.423. The average molecular weight is 453 g/mol. The van der Waals surface area contributed by atoms with E-state index in [1.165, 1.54) is 12.1 Å². The summed E-state index contributed by atoms with van der Waals surface area (Å²) in [6.45, 7) is 3.46. The number of fused-ring (bicyclic) bond motifs is 1. The molecule has 0 unspecified atom stereocenters. The molecule has 174 valence electrons. The van der Waals surface area contributed by atoms with Gasteiger partial charge in [0.2, 0.25) is 0 Å². The van der Waals surface area contributed by atoms with Gasteiger partial charge in [-0.25, -0.2) is 4.39 Å². The Bertz CT molecular complexity index is 1110. The number of nitrogens with one attached hydrogen (secondary N) is 1. The van der Waals surface area contributed by atoms with E-state index < -0.39 is 5.60 Å². The summed E-state index contributed by atoms with van der Waals surface area (Å²) < 4.78 is 24.4. The Morgan fingerprint density at radius 3 is 2.67 bits per heavy atom. The summed E-state index contributed by atoms with van der Waals surface area (Å²) in [7, 11) is 0. The van der Waals surface area contributed by atoms with Crippen molar-refractivity contribution in [3.8, 4) is 0 Å². The number of carbonyl (C=O) groups is 1. The number of furan rings is 1. The molecule has 0 aliphatic carbocycles. The number of hydrogen-bond acceptors (Lipinski definition) is 5. The Balaban J connectivity index is 1.22. The second-order valence-electron chi connectivity index (χ2n) is 9.14. The first-order valence-electron chi connectivity index (χ1n) is 11.6. The van der Waals surface area contributed by atoms with Gasteiger partial charge < -0.3 is 19.6 Å². The summed E-state index contributed by atoms with van der Waals surface area (Å²) in [6, 6.07) is 13.9. The zero-order valence-corrected chi connectivity index (χ0v) is 18.6. The van der Waals surface area contributed by atoms with Crippen molar-refractivity contribution in [1.29, 1.82) is 0 Å². The standard InChI is InChI=1S/C26H29FN2O4/c27-21-6-3-18(4-7-21)17-29-11-9-26(31,10-12-29)20-5-8-23-19(14-20)15-24(33-23)25(30)28-16-22-2-1-13-32-22/h3-8,14-15,22,31H,1-2,9-13,16-17H2,(H,28,30)/t22-/m1/s1. The summed E-state index contributed by atoms with van der Waals surface area (Å²) in [5, 5.41) is 15.0. The number of piperidine rings is 1. The topological polar surface area (TPSA) is 74.9 Å². The molecule has 33 heavy (non-hydrogen) atoms. The number of carbonyl (C=O) groups excluding carboxylic acids is 1. The van der Waals surface area contributed by atoms with Crippen LogP contribution in [-0.4, -0.2) is 48.3 Å². The van der Waals surface area contributed by atoms with Crippen LogP contribution in [0.5, 0.6) is 0 Å². The van der Waals surface area contributed by atoms with E-state index in [4.69, 9.17) is 9.15 Å². The molecular weight excluding hydrogens is 423 g/mol. The molecule has 0 saturated carbocycles. The zero-order valence-electron chi connectivity index (χ0n) is 18.6. The van der Waals surface area contributed by atoms with Crippen LogP contribution in [-0.2, 0) is 16.9 Å². The van der Waals surface area contributed by atoms with Crippen molar-refractivity contribution in [3.05, 3.63) is 71.2 Å². The van der Waals surface area contributed by atoms with Gasteiger partial charge in [0.1, 0.15) is 11.4 Å². The van der Waals surface area contributed by atoms with Crippen molar-refractivity contribution < 1.29 is 23.4 Å². The second-order valence-corrected chi connectivity index (χ2v) is 9.14. The number of ether oxygens (including phenoxy) is 1. The molecule has 2 saturated heterocycles. The maximum atomic E-state index is 13.1. The van der Waals surface area contributed by atoms with Crippen LogP contribution in [0, 0.1) is 5.82 Å². The third-order valence-corrected chi connectivity index (χ3v) is 6.79. The molecule has 1 aromatic heterocycles. The lowest BCUT2D eigenvalue weighted by Gasteiger charge is -2.38. The second kappa shape index (κ2) is 9.25. The smallest absolute Gasteiger partial charge is 0.287 e.